The van der Waals surface area contributed by atoms with Crippen LogP contribution in [0.2, 0.25) is 5.02 Å². The summed E-state index contributed by atoms with van der Waals surface area (Å²) in [4.78, 5) is 14.8. The second kappa shape index (κ2) is 9.01. The lowest BCUT2D eigenvalue weighted by Gasteiger charge is -2.28. The van der Waals surface area contributed by atoms with E-state index in [0.717, 1.165) is 18.4 Å². The van der Waals surface area contributed by atoms with Gasteiger partial charge < -0.3 is 9.64 Å². The molecule has 2 aromatic carbocycles. The molecule has 1 unspecified atom stereocenters. The van der Waals surface area contributed by atoms with E-state index in [1.807, 2.05) is 13.0 Å². The Morgan fingerprint density at radius 1 is 1.21 bits per heavy atom. The number of halogens is 1. The first-order valence-electron chi connectivity index (χ1n) is 9.54. The minimum Gasteiger partial charge on any atom is -0.494 e. The maximum atomic E-state index is 13.3. The molecular formula is C22H24ClNO4S. The third kappa shape index (κ3) is 5.19. The van der Waals surface area contributed by atoms with Crippen LogP contribution in [0.1, 0.15) is 35.7 Å². The third-order valence-corrected chi connectivity index (χ3v) is 6.55. The highest BCUT2D eigenvalue weighted by molar-refractivity contribution is 7.94. The van der Waals surface area contributed by atoms with E-state index in [-0.39, 0.29) is 11.7 Å². The number of carbonyl (C=O) groups is 1. The molecule has 1 atom stereocenters. The topological polar surface area (TPSA) is 63.7 Å². The van der Waals surface area contributed by atoms with E-state index in [1.165, 1.54) is 10.3 Å². The van der Waals surface area contributed by atoms with Crippen molar-refractivity contribution in [3.8, 4) is 5.75 Å². The van der Waals surface area contributed by atoms with Gasteiger partial charge in [-0.15, -0.1) is 0 Å². The van der Waals surface area contributed by atoms with Crippen molar-refractivity contribution in [3.63, 3.8) is 0 Å². The van der Waals surface area contributed by atoms with Gasteiger partial charge in [0.05, 0.1) is 18.4 Å². The van der Waals surface area contributed by atoms with Crippen molar-refractivity contribution in [1.82, 2.24) is 0 Å². The largest absolute Gasteiger partial charge is 0.494 e. The molecule has 154 valence electrons. The van der Waals surface area contributed by atoms with Gasteiger partial charge in [0.15, 0.2) is 9.84 Å². The quantitative estimate of drug-likeness (QED) is 0.589. The van der Waals surface area contributed by atoms with Gasteiger partial charge in [-0.25, -0.2) is 8.42 Å². The first kappa shape index (κ1) is 21.4. The number of hydrogen-bond acceptors (Lipinski definition) is 4. The van der Waals surface area contributed by atoms with Crippen LogP contribution >= 0.6 is 11.6 Å². The zero-order valence-corrected chi connectivity index (χ0v) is 18.0. The molecule has 7 heteroatoms. The molecule has 0 aliphatic carbocycles. The maximum absolute atomic E-state index is 13.3. The number of carbonyl (C=O) groups excluding carboxylic acids is 1. The van der Waals surface area contributed by atoms with Crippen molar-refractivity contribution in [3.05, 3.63) is 70.1 Å². The lowest BCUT2D eigenvalue weighted by atomic mass is 10.1. The first-order valence-corrected chi connectivity index (χ1v) is 11.6. The lowest BCUT2D eigenvalue weighted by Crippen LogP contribution is -2.41. The van der Waals surface area contributed by atoms with Gasteiger partial charge in [0.25, 0.3) is 5.91 Å². The third-order valence-electron chi connectivity index (χ3n) is 4.76. The van der Waals surface area contributed by atoms with E-state index in [0.29, 0.717) is 28.6 Å². The molecule has 29 heavy (non-hydrogen) atoms. The summed E-state index contributed by atoms with van der Waals surface area (Å²) < 4.78 is 29.6. The standard InChI is InChI=1S/C22H24ClNO4S/c1-3-4-12-28-20-9-6-17(7-10-20)22(25)24(19-11-13-29(26,27)15-19)18-8-5-16(2)21(23)14-18/h5-11,13-14,19H,3-4,12,15H2,1-2H3. The second-order valence-corrected chi connectivity index (χ2v) is 9.40. The average Bonchev–Trinajstić information content (AvgIpc) is 3.05. The normalized spacial score (nSPS) is 17.3. The molecule has 0 bridgehead atoms. The number of nitrogens with zero attached hydrogens (tertiary/aromatic N) is 1. The lowest BCUT2D eigenvalue weighted by molar-refractivity contribution is 0.0983. The SMILES string of the molecule is CCCCOc1ccc(C(=O)N(c2ccc(C)c(Cl)c2)C2C=CS(=O)(=O)C2)cc1. The van der Waals surface area contributed by atoms with E-state index >= 15 is 0 Å². The number of ether oxygens (including phenoxy) is 1. The van der Waals surface area contributed by atoms with Crippen LogP contribution in [0.4, 0.5) is 5.69 Å². The molecule has 0 saturated heterocycles. The molecule has 5 nitrogen and oxygen atoms in total. The van der Waals surface area contributed by atoms with Gasteiger partial charge >= 0.3 is 0 Å². The summed E-state index contributed by atoms with van der Waals surface area (Å²) in [6.45, 7) is 4.59. The number of anilines is 1. The highest BCUT2D eigenvalue weighted by Crippen LogP contribution is 2.29. The fourth-order valence-electron chi connectivity index (χ4n) is 3.08. The number of benzene rings is 2. The minimum atomic E-state index is -3.33. The number of unbranched alkanes of at least 4 members (excludes halogenated alkanes) is 1. The van der Waals surface area contributed by atoms with Crippen molar-refractivity contribution in [1.29, 1.82) is 0 Å². The summed E-state index contributed by atoms with van der Waals surface area (Å²) in [7, 11) is -3.33. The van der Waals surface area contributed by atoms with E-state index in [4.69, 9.17) is 16.3 Å². The molecule has 1 aliphatic rings. The summed E-state index contributed by atoms with van der Waals surface area (Å²) in [5.41, 5.74) is 1.88. The molecule has 0 radical (unpaired) electrons. The Hall–Kier alpha value is -2.31. The van der Waals surface area contributed by atoms with E-state index < -0.39 is 15.9 Å². The van der Waals surface area contributed by atoms with Crippen molar-refractivity contribution < 1.29 is 17.9 Å². The van der Waals surface area contributed by atoms with E-state index in [9.17, 15) is 13.2 Å². The fraction of sp³-hybridized carbons (Fsp3) is 0.318. The predicted molar refractivity (Wildman–Crippen MR) is 117 cm³/mol. The molecule has 0 N–H and O–H groups in total. The molecule has 2 aromatic rings. The summed E-state index contributed by atoms with van der Waals surface area (Å²) in [6.07, 6.45) is 3.55. The van der Waals surface area contributed by atoms with Gasteiger partial charge in [-0.1, -0.05) is 31.0 Å². The van der Waals surface area contributed by atoms with Gasteiger partial charge in [-0.2, -0.15) is 0 Å². The Bertz CT molecular complexity index is 1020. The smallest absolute Gasteiger partial charge is 0.258 e. The summed E-state index contributed by atoms with van der Waals surface area (Å²) in [6, 6.07) is 11.6. The van der Waals surface area contributed by atoms with Crippen LogP contribution < -0.4 is 9.64 Å². The Balaban J connectivity index is 1.90. The van der Waals surface area contributed by atoms with Crippen molar-refractivity contribution >= 4 is 33.0 Å². The molecule has 0 saturated carbocycles. The highest BCUT2D eigenvalue weighted by Gasteiger charge is 2.32. The fourth-order valence-corrected chi connectivity index (χ4v) is 4.52. The van der Waals surface area contributed by atoms with Gasteiger partial charge in [-0.3, -0.25) is 4.79 Å². The zero-order valence-electron chi connectivity index (χ0n) is 16.5. The van der Waals surface area contributed by atoms with Gasteiger partial charge in [0.2, 0.25) is 0 Å². The number of amides is 1. The maximum Gasteiger partial charge on any atom is 0.258 e. The minimum absolute atomic E-state index is 0.150. The van der Waals surface area contributed by atoms with E-state index in [2.05, 4.69) is 6.92 Å². The Kier molecular flexibility index (Phi) is 6.65. The van der Waals surface area contributed by atoms with Gasteiger partial charge in [0, 0.05) is 21.7 Å². The molecule has 0 spiro atoms. The van der Waals surface area contributed by atoms with Gasteiger partial charge in [-0.05, 0) is 61.4 Å². The van der Waals surface area contributed by atoms with Crippen LogP contribution in [0, 0.1) is 6.92 Å². The van der Waals surface area contributed by atoms with Crippen LogP contribution in [0.5, 0.6) is 5.75 Å². The molecule has 0 fully saturated rings. The van der Waals surface area contributed by atoms with E-state index in [1.54, 1.807) is 42.5 Å². The van der Waals surface area contributed by atoms with Crippen molar-refractivity contribution in [2.24, 2.45) is 0 Å². The average molecular weight is 434 g/mol. The van der Waals surface area contributed by atoms with Gasteiger partial charge in [0.1, 0.15) is 5.75 Å². The monoisotopic (exact) mass is 433 g/mol. The zero-order chi connectivity index (χ0) is 21.0. The predicted octanol–water partition coefficient (Wildman–Crippen LogP) is 4.78. The number of rotatable bonds is 7. The van der Waals surface area contributed by atoms with Crippen LogP contribution in [0.25, 0.3) is 0 Å². The van der Waals surface area contributed by atoms with Crippen molar-refractivity contribution in [2.75, 3.05) is 17.3 Å². The molecule has 1 aliphatic heterocycles. The highest BCUT2D eigenvalue weighted by atomic mass is 35.5. The van der Waals surface area contributed by atoms with Crippen LogP contribution in [0.15, 0.2) is 53.9 Å². The molecule has 1 heterocycles. The summed E-state index contributed by atoms with van der Waals surface area (Å²) in [5.74, 6) is 0.252. The van der Waals surface area contributed by atoms with Crippen LogP contribution in [-0.4, -0.2) is 32.7 Å². The first-order chi connectivity index (χ1) is 13.8. The van der Waals surface area contributed by atoms with Crippen LogP contribution in [0.3, 0.4) is 0 Å². The van der Waals surface area contributed by atoms with Crippen molar-refractivity contribution in [2.45, 2.75) is 32.7 Å². The number of hydrogen-bond donors (Lipinski definition) is 0. The molecule has 3 rings (SSSR count). The molecule has 0 aromatic heterocycles. The molecule has 1 amide bonds. The number of sulfone groups is 1. The molecular weight excluding hydrogens is 410 g/mol. The van der Waals surface area contributed by atoms with Crippen LogP contribution in [-0.2, 0) is 9.84 Å². The Labute approximate surface area is 176 Å². The summed E-state index contributed by atoms with van der Waals surface area (Å²) >= 11 is 6.26. The Morgan fingerprint density at radius 3 is 2.52 bits per heavy atom. The second-order valence-electron chi connectivity index (χ2n) is 7.06. The summed E-state index contributed by atoms with van der Waals surface area (Å²) in [5, 5.41) is 1.68. The number of aryl methyl sites for hydroxylation is 1. The Morgan fingerprint density at radius 2 is 1.93 bits per heavy atom.